The minimum absolute atomic E-state index is 0.356. The third-order valence-corrected chi connectivity index (χ3v) is 3.73. The molecule has 126 valence electrons. The summed E-state index contributed by atoms with van der Waals surface area (Å²) in [5.74, 6) is 1.51. The molecule has 0 fully saturated rings. The minimum Gasteiger partial charge on any atom is -0.356 e. The molecular formula is C14H32N4O2S. The van der Waals surface area contributed by atoms with E-state index >= 15 is 0 Å². The molecule has 0 saturated carbocycles. The largest absolute Gasteiger partial charge is 0.356 e. The highest BCUT2D eigenvalue weighted by atomic mass is 32.2. The van der Waals surface area contributed by atoms with Crippen molar-refractivity contribution in [1.29, 1.82) is 0 Å². The monoisotopic (exact) mass is 320 g/mol. The van der Waals surface area contributed by atoms with Crippen LogP contribution in [0.15, 0.2) is 4.99 Å². The molecule has 0 heterocycles. The highest BCUT2D eigenvalue weighted by Crippen LogP contribution is 2.08. The summed E-state index contributed by atoms with van der Waals surface area (Å²) in [7, 11) is -1.40. The maximum absolute atomic E-state index is 10.9. The first-order valence-electron chi connectivity index (χ1n) is 7.74. The van der Waals surface area contributed by atoms with Crippen molar-refractivity contribution in [3.8, 4) is 0 Å². The smallest absolute Gasteiger partial charge is 0.208 e. The molecule has 6 nitrogen and oxygen atoms in total. The Labute approximate surface area is 130 Å². The van der Waals surface area contributed by atoms with Crippen LogP contribution < -0.4 is 15.4 Å². The average Bonchev–Trinajstić information content (AvgIpc) is 2.38. The summed E-state index contributed by atoms with van der Waals surface area (Å²) in [6.45, 7) is 6.28. The number of rotatable bonds is 11. The number of aliphatic imine (C=N–C) groups is 1. The van der Waals surface area contributed by atoms with E-state index in [1.54, 1.807) is 7.05 Å². The van der Waals surface area contributed by atoms with Gasteiger partial charge in [-0.3, -0.25) is 4.99 Å². The van der Waals surface area contributed by atoms with Gasteiger partial charge in [0.25, 0.3) is 0 Å². The Kier molecular flexibility index (Phi) is 11.3. The maximum atomic E-state index is 10.9. The lowest BCUT2D eigenvalue weighted by Crippen LogP contribution is -2.41. The summed E-state index contributed by atoms with van der Waals surface area (Å²) in [4.78, 5) is 4.10. The highest BCUT2D eigenvalue weighted by molar-refractivity contribution is 7.88. The zero-order chi connectivity index (χ0) is 16.1. The Hall–Kier alpha value is -0.820. The van der Waals surface area contributed by atoms with Crippen LogP contribution in [0.3, 0.4) is 0 Å². The minimum atomic E-state index is -3.12. The second-order valence-electron chi connectivity index (χ2n) is 5.69. The van der Waals surface area contributed by atoms with Gasteiger partial charge in [-0.1, -0.05) is 39.5 Å². The van der Waals surface area contributed by atoms with E-state index in [2.05, 4.69) is 34.2 Å². The Balaban J connectivity index is 3.54. The molecule has 0 rings (SSSR count). The van der Waals surface area contributed by atoms with Gasteiger partial charge in [0.2, 0.25) is 10.0 Å². The molecule has 0 amide bonds. The molecule has 0 radical (unpaired) electrons. The van der Waals surface area contributed by atoms with Crippen LogP contribution in [0.1, 0.15) is 46.0 Å². The van der Waals surface area contributed by atoms with Crippen molar-refractivity contribution in [3.63, 3.8) is 0 Å². The van der Waals surface area contributed by atoms with E-state index in [1.807, 2.05) is 0 Å². The van der Waals surface area contributed by atoms with Crippen molar-refractivity contribution >= 4 is 16.0 Å². The van der Waals surface area contributed by atoms with Gasteiger partial charge in [-0.15, -0.1) is 0 Å². The summed E-state index contributed by atoms with van der Waals surface area (Å²) < 4.78 is 24.2. The van der Waals surface area contributed by atoms with Gasteiger partial charge in [-0.2, -0.15) is 0 Å². The van der Waals surface area contributed by atoms with E-state index in [0.717, 1.165) is 25.1 Å². The van der Waals surface area contributed by atoms with Crippen LogP contribution >= 0.6 is 0 Å². The third-order valence-electron chi connectivity index (χ3n) is 3.01. The average molecular weight is 321 g/mol. The van der Waals surface area contributed by atoms with Crippen molar-refractivity contribution < 1.29 is 8.42 Å². The van der Waals surface area contributed by atoms with E-state index in [-0.39, 0.29) is 0 Å². The maximum Gasteiger partial charge on any atom is 0.208 e. The molecule has 0 aliphatic carbocycles. The Morgan fingerprint density at radius 1 is 1.00 bits per heavy atom. The molecule has 3 N–H and O–H groups in total. The first-order chi connectivity index (χ1) is 9.85. The van der Waals surface area contributed by atoms with E-state index in [1.165, 1.54) is 25.7 Å². The van der Waals surface area contributed by atoms with Crippen LogP contribution in [0.4, 0.5) is 0 Å². The first-order valence-corrected chi connectivity index (χ1v) is 9.63. The molecule has 0 aliphatic rings. The molecule has 0 spiro atoms. The number of hydrogen-bond donors (Lipinski definition) is 3. The van der Waals surface area contributed by atoms with E-state index in [9.17, 15) is 8.42 Å². The summed E-state index contributed by atoms with van der Waals surface area (Å²) in [5.41, 5.74) is 0. The molecule has 7 heteroatoms. The number of guanidine groups is 1. The second kappa shape index (κ2) is 11.8. The predicted molar refractivity (Wildman–Crippen MR) is 90.1 cm³/mol. The number of unbranched alkanes of at least 4 members (excludes halogenated alkanes) is 3. The van der Waals surface area contributed by atoms with Gasteiger partial charge in [0, 0.05) is 26.7 Å². The summed E-state index contributed by atoms with van der Waals surface area (Å²) in [6, 6.07) is 0. The van der Waals surface area contributed by atoms with E-state index in [0.29, 0.717) is 19.0 Å². The molecule has 0 aromatic carbocycles. The van der Waals surface area contributed by atoms with Gasteiger partial charge in [-0.25, -0.2) is 13.1 Å². The van der Waals surface area contributed by atoms with Gasteiger partial charge in [0.05, 0.1) is 6.26 Å². The fourth-order valence-electron chi connectivity index (χ4n) is 1.88. The van der Waals surface area contributed by atoms with E-state index < -0.39 is 10.0 Å². The normalized spacial score (nSPS) is 12.7. The van der Waals surface area contributed by atoms with Crippen LogP contribution in [0.2, 0.25) is 0 Å². The third kappa shape index (κ3) is 15.4. The summed E-state index contributed by atoms with van der Waals surface area (Å²) in [5, 5.41) is 6.30. The first kappa shape index (κ1) is 20.2. The molecule has 0 aliphatic heterocycles. The van der Waals surface area contributed by atoms with Crippen molar-refractivity contribution in [2.75, 3.05) is 32.9 Å². The van der Waals surface area contributed by atoms with Crippen molar-refractivity contribution in [1.82, 2.24) is 15.4 Å². The molecule has 0 unspecified atom stereocenters. The van der Waals surface area contributed by atoms with Gasteiger partial charge in [0.15, 0.2) is 5.96 Å². The summed E-state index contributed by atoms with van der Waals surface area (Å²) in [6.07, 6.45) is 7.40. The summed E-state index contributed by atoms with van der Waals surface area (Å²) >= 11 is 0. The predicted octanol–water partition coefficient (Wildman–Crippen LogP) is 1.31. The molecule has 0 atom stereocenters. The van der Waals surface area contributed by atoms with Gasteiger partial charge < -0.3 is 10.6 Å². The van der Waals surface area contributed by atoms with Crippen molar-refractivity contribution in [2.24, 2.45) is 10.9 Å². The Morgan fingerprint density at radius 3 is 2.19 bits per heavy atom. The number of hydrogen-bond acceptors (Lipinski definition) is 3. The van der Waals surface area contributed by atoms with Crippen molar-refractivity contribution in [3.05, 3.63) is 0 Å². The molecular weight excluding hydrogens is 288 g/mol. The molecule has 0 aromatic heterocycles. The fourth-order valence-corrected chi connectivity index (χ4v) is 2.35. The zero-order valence-electron chi connectivity index (χ0n) is 13.9. The molecule has 21 heavy (non-hydrogen) atoms. The zero-order valence-corrected chi connectivity index (χ0v) is 14.7. The van der Waals surface area contributed by atoms with Crippen molar-refractivity contribution in [2.45, 2.75) is 46.0 Å². The Bertz CT molecular complexity index is 380. The lowest BCUT2D eigenvalue weighted by Gasteiger charge is -2.12. The van der Waals surface area contributed by atoms with Gasteiger partial charge in [0.1, 0.15) is 0 Å². The van der Waals surface area contributed by atoms with Crippen LogP contribution in [-0.2, 0) is 10.0 Å². The molecule has 0 aromatic rings. The number of nitrogens with one attached hydrogen (secondary N) is 3. The van der Waals surface area contributed by atoms with Gasteiger partial charge in [-0.05, 0) is 12.3 Å². The standard InChI is InChI=1S/C14H32N4O2S/c1-13(2)9-7-5-6-8-10-16-14(15-3)17-11-12-18-21(4,19)20/h13,18H,5-12H2,1-4H3,(H2,15,16,17). The lowest BCUT2D eigenvalue weighted by molar-refractivity contribution is 0.518. The second-order valence-corrected chi connectivity index (χ2v) is 7.52. The topological polar surface area (TPSA) is 82.6 Å². The number of sulfonamides is 1. The van der Waals surface area contributed by atoms with E-state index in [4.69, 9.17) is 0 Å². The van der Waals surface area contributed by atoms with Crippen LogP contribution in [0, 0.1) is 5.92 Å². The van der Waals surface area contributed by atoms with Gasteiger partial charge >= 0.3 is 0 Å². The van der Waals surface area contributed by atoms with Crippen LogP contribution in [0.5, 0.6) is 0 Å². The van der Waals surface area contributed by atoms with Crippen LogP contribution in [0.25, 0.3) is 0 Å². The number of nitrogens with zero attached hydrogens (tertiary/aromatic N) is 1. The molecule has 0 bridgehead atoms. The van der Waals surface area contributed by atoms with Crippen LogP contribution in [-0.4, -0.2) is 47.3 Å². The quantitative estimate of drug-likeness (QED) is 0.304. The SMILES string of the molecule is CN=C(NCCCCCCC(C)C)NCCNS(C)(=O)=O. The molecule has 0 saturated heterocycles. The lowest BCUT2D eigenvalue weighted by atomic mass is 10.0. The highest BCUT2D eigenvalue weighted by Gasteiger charge is 2.00. The Morgan fingerprint density at radius 2 is 1.62 bits per heavy atom. The fraction of sp³-hybridized carbons (Fsp3) is 0.929.